The number of benzene rings is 1. The first-order valence-corrected chi connectivity index (χ1v) is 5.92. The first-order valence-electron chi connectivity index (χ1n) is 5.92. The van der Waals surface area contributed by atoms with Crippen molar-refractivity contribution in [1.82, 2.24) is 0 Å². The fourth-order valence-electron chi connectivity index (χ4n) is 2.26. The van der Waals surface area contributed by atoms with Crippen LogP contribution in [0.25, 0.3) is 0 Å². The second-order valence-electron chi connectivity index (χ2n) is 4.40. The molecule has 0 saturated carbocycles. The van der Waals surface area contributed by atoms with Crippen molar-refractivity contribution >= 4 is 0 Å². The molecular weight excluding hydrogens is 218 g/mol. The summed E-state index contributed by atoms with van der Waals surface area (Å²) in [5, 5.41) is 9.86. The van der Waals surface area contributed by atoms with Gasteiger partial charge in [0.15, 0.2) is 0 Å². The lowest BCUT2D eigenvalue weighted by atomic mass is 9.87. The molecule has 1 fully saturated rings. The average Bonchev–Trinajstić information content (AvgIpc) is 2.39. The molecule has 4 nitrogen and oxygen atoms in total. The van der Waals surface area contributed by atoms with E-state index < -0.39 is 0 Å². The molecule has 1 aliphatic heterocycles. The summed E-state index contributed by atoms with van der Waals surface area (Å²) in [5.74, 6) is 1.33. The summed E-state index contributed by atoms with van der Waals surface area (Å²) in [6.45, 7) is 1.51. The third kappa shape index (κ3) is 2.70. The van der Waals surface area contributed by atoms with Gasteiger partial charge >= 0.3 is 0 Å². The monoisotopic (exact) mass is 237 g/mol. The molecule has 1 aliphatic rings. The van der Waals surface area contributed by atoms with Crippen LogP contribution in [0.3, 0.4) is 0 Å². The zero-order valence-corrected chi connectivity index (χ0v) is 10.1. The second kappa shape index (κ2) is 5.38. The molecule has 1 aromatic rings. The molecule has 0 aromatic heterocycles. The van der Waals surface area contributed by atoms with Crippen LogP contribution in [-0.4, -0.2) is 25.4 Å². The third-order valence-electron chi connectivity index (χ3n) is 3.37. The van der Waals surface area contributed by atoms with E-state index in [9.17, 15) is 5.11 Å². The number of hydrogen-bond donors (Lipinski definition) is 2. The quantitative estimate of drug-likeness (QED) is 0.841. The molecular formula is C13H19NO3. The molecule has 0 bridgehead atoms. The van der Waals surface area contributed by atoms with Crippen molar-refractivity contribution in [3.63, 3.8) is 0 Å². The lowest BCUT2D eigenvalue weighted by Gasteiger charge is -2.28. The highest BCUT2D eigenvalue weighted by Crippen LogP contribution is 2.34. The Bertz CT molecular complexity index is 375. The number of hydrogen-bond acceptors (Lipinski definition) is 4. The Morgan fingerprint density at radius 3 is 2.76 bits per heavy atom. The van der Waals surface area contributed by atoms with Crippen LogP contribution in [0.2, 0.25) is 0 Å². The molecule has 3 N–H and O–H groups in total. The van der Waals surface area contributed by atoms with Gasteiger partial charge < -0.3 is 20.3 Å². The van der Waals surface area contributed by atoms with Crippen molar-refractivity contribution in [2.75, 3.05) is 20.3 Å². The summed E-state index contributed by atoms with van der Waals surface area (Å²) >= 11 is 0. The van der Waals surface area contributed by atoms with Gasteiger partial charge in [0.1, 0.15) is 11.5 Å². The average molecular weight is 237 g/mol. The zero-order valence-electron chi connectivity index (χ0n) is 10.1. The first kappa shape index (κ1) is 12.2. The number of methoxy groups -OCH3 is 1. The van der Waals surface area contributed by atoms with Crippen LogP contribution in [0.1, 0.15) is 24.4 Å². The van der Waals surface area contributed by atoms with Crippen LogP contribution < -0.4 is 10.5 Å². The van der Waals surface area contributed by atoms with Crippen molar-refractivity contribution in [3.05, 3.63) is 23.8 Å². The summed E-state index contributed by atoms with van der Waals surface area (Å²) in [5.41, 5.74) is 6.98. The Labute approximate surface area is 101 Å². The topological polar surface area (TPSA) is 64.7 Å². The van der Waals surface area contributed by atoms with Gasteiger partial charge in [-0.1, -0.05) is 0 Å². The van der Waals surface area contributed by atoms with E-state index in [1.165, 1.54) is 0 Å². The fourth-order valence-corrected chi connectivity index (χ4v) is 2.26. The zero-order chi connectivity index (χ0) is 12.3. The van der Waals surface area contributed by atoms with Crippen LogP contribution in [0, 0.1) is 5.92 Å². The van der Waals surface area contributed by atoms with E-state index in [-0.39, 0.29) is 11.8 Å². The molecule has 0 aliphatic carbocycles. The highest BCUT2D eigenvalue weighted by Gasteiger charge is 2.24. The number of aromatic hydroxyl groups is 1. The van der Waals surface area contributed by atoms with Gasteiger partial charge in [0, 0.05) is 24.8 Å². The van der Waals surface area contributed by atoms with Gasteiger partial charge in [0.05, 0.1) is 7.11 Å². The van der Waals surface area contributed by atoms with E-state index in [0.717, 1.165) is 37.4 Å². The van der Waals surface area contributed by atoms with Crippen molar-refractivity contribution in [1.29, 1.82) is 0 Å². The molecule has 1 atom stereocenters. The summed E-state index contributed by atoms with van der Waals surface area (Å²) in [6.07, 6.45) is 1.88. The van der Waals surface area contributed by atoms with Crippen LogP contribution in [0.4, 0.5) is 0 Å². The highest BCUT2D eigenvalue weighted by molar-refractivity contribution is 5.41. The van der Waals surface area contributed by atoms with Crippen LogP contribution >= 0.6 is 0 Å². The Kier molecular flexibility index (Phi) is 3.86. The lowest BCUT2D eigenvalue weighted by Crippen LogP contribution is -2.27. The summed E-state index contributed by atoms with van der Waals surface area (Å²) in [6, 6.07) is 5.02. The molecule has 0 unspecified atom stereocenters. The standard InChI is InChI=1S/C13H19NO3/c1-16-10-2-3-12(15)11(8-10)13(14)9-4-6-17-7-5-9/h2-3,8-9,13,15H,4-7,14H2,1H3/t13-/m0/s1. The van der Waals surface area contributed by atoms with Crippen molar-refractivity contribution < 1.29 is 14.6 Å². The number of phenolic OH excluding ortho intramolecular Hbond substituents is 1. The van der Waals surface area contributed by atoms with Crippen molar-refractivity contribution in [3.8, 4) is 11.5 Å². The van der Waals surface area contributed by atoms with E-state index in [2.05, 4.69) is 0 Å². The van der Waals surface area contributed by atoms with Gasteiger partial charge in [0.25, 0.3) is 0 Å². The summed E-state index contributed by atoms with van der Waals surface area (Å²) in [4.78, 5) is 0. The summed E-state index contributed by atoms with van der Waals surface area (Å²) < 4.78 is 10.5. The maximum absolute atomic E-state index is 9.86. The minimum absolute atomic E-state index is 0.158. The fraction of sp³-hybridized carbons (Fsp3) is 0.538. The predicted molar refractivity (Wildman–Crippen MR) is 65.1 cm³/mol. The predicted octanol–water partition coefficient (Wildman–Crippen LogP) is 1.83. The van der Waals surface area contributed by atoms with E-state index in [1.54, 1.807) is 19.2 Å². The van der Waals surface area contributed by atoms with E-state index in [1.807, 2.05) is 6.07 Å². The molecule has 1 aromatic carbocycles. The van der Waals surface area contributed by atoms with Gasteiger partial charge in [-0.15, -0.1) is 0 Å². The summed E-state index contributed by atoms with van der Waals surface area (Å²) in [7, 11) is 1.61. The van der Waals surface area contributed by atoms with E-state index in [4.69, 9.17) is 15.2 Å². The number of phenols is 1. The minimum atomic E-state index is -0.158. The maximum Gasteiger partial charge on any atom is 0.120 e. The van der Waals surface area contributed by atoms with Crippen LogP contribution in [0.15, 0.2) is 18.2 Å². The Hall–Kier alpha value is -1.26. The van der Waals surface area contributed by atoms with Gasteiger partial charge in [-0.2, -0.15) is 0 Å². The maximum atomic E-state index is 9.86. The Morgan fingerprint density at radius 1 is 1.41 bits per heavy atom. The molecule has 4 heteroatoms. The molecule has 1 heterocycles. The van der Waals surface area contributed by atoms with Gasteiger partial charge in [-0.25, -0.2) is 0 Å². The Morgan fingerprint density at radius 2 is 2.12 bits per heavy atom. The number of ether oxygens (including phenoxy) is 2. The number of rotatable bonds is 3. The molecule has 0 spiro atoms. The largest absolute Gasteiger partial charge is 0.508 e. The third-order valence-corrected chi connectivity index (χ3v) is 3.37. The molecule has 0 radical (unpaired) electrons. The lowest BCUT2D eigenvalue weighted by molar-refractivity contribution is 0.0581. The SMILES string of the molecule is COc1ccc(O)c([C@@H](N)C2CCOCC2)c1. The van der Waals surface area contributed by atoms with Crippen molar-refractivity contribution in [2.45, 2.75) is 18.9 Å². The van der Waals surface area contributed by atoms with Crippen molar-refractivity contribution in [2.24, 2.45) is 11.7 Å². The number of nitrogens with two attached hydrogens (primary N) is 1. The second-order valence-corrected chi connectivity index (χ2v) is 4.40. The molecule has 0 amide bonds. The molecule has 1 saturated heterocycles. The first-order chi connectivity index (χ1) is 8.22. The van der Waals surface area contributed by atoms with E-state index in [0.29, 0.717) is 5.92 Å². The molecule has 2 rings (SSSR count). The molecule has 94 valence electrons. The van der Waals surface area contributed by atoms with Gasteiger partial charge in [0.2, 0.25) is 0 Å². The van der Waals surface area contributed by atoms with Crippen LogP contribution in [-0.2, 0) is 4.74 Å². The normalized spacial score (nSPS) is 18.9. The van der Waals surface area contributed by atoms with E-state index >= 15 is 0 Å². The minimum Gasteiger partial charge on any atom is -0.508 e. The Balaban J connectivity index is 2.19. The molecule has 17 heavy (non-hydrogen) atoms. The van der Waals surface area contributed by atoms with Gasteiger partial charge in [-0.05, 0) is 37.0 Å². The smallest absolute Gasteiger partial charge is 0.120 e. The highest BCUT2D eigenvalue weighted by atomic mass is 16.5. The van der Waals surface area contributed by atoms with Crippen LogP contribution in [0.5, 0.6) is 11.5 Å². The van der Waals surface area contributed by atoms with Gasteiger partial charge in [-0.3, -0.25) is 0 Å².